The van der Waals surface area contributed by atoms with Crippen molar-refractivity contribution in [1.82, 2.24) is 14.8 Å². The van der Waals surface area contributed by atoms with Gasteiger partial charge in [0.1, 0.15) is 6.10 Å². The molecule has 1 aromatic rings. The molecule has 148 valence electrons. The molecule has 1 aromatic heterocycles. The van der Waals surface area contributed by atoms with Gasteiger partial charge in [-0.3, -0.25) is 14.6 Å². The van der Waals surface area contributed by atoms with Crippen molar-refractivity contribution in [2.24, 2.45) is 11.3 Å². The molecule has 2 saturated heterocycles. The normalized spacial score (nSPS) is 21.0. The van der Waals surface area contributed by atoms with Crippen LogP contribution in [0, 0.1) is 11.3 Å². The minimum atomic E-state index is -0.914. The molecule has 1 spiro atoms. The number of pyridine rings is 1. The molecule has 6 nitrogen and oxygen atoms in total. The van der Waals surface area contributed by atoms with Crippen LogP contribution in [-0.2, 0) is 16.0 Å². The Labute approximate surface area is 161 Å². The van der Waals surface area contributed by atoms with Crippen LogP contribution in [0.25, 0.3) is 0 Å². The Morgan fingerprint density at radius 2 is 2.04 bits per heavy atom. The zero-order valence-corrected chi connectivity index (χ0v) is 16.4. The number of aliphatic hydroxyl groups excluding tert-OH is 1. The highest BCUT2D eigenvalue weighted by Crippen LogP contribution is 2.40. The summed E-state index contributed by atoms with van der Waals surface area (Å²) in [7, 11) is 0. The monoisotopic (exact) mass is 373 g/mol. The van der Waals surface area contributed by atoms with Gasteiger partial charge in [0.15, 0.2) is 0 Å². The van der Waals surface area contributed by atoms with E-state index < -0.39 is 6.10 Å². The molecule has 0 aliphatic carbocycles. The molecular weight excluding hydrogens is 342 g/mol. The highest BCUT2D eigenvalue weighted by atomic mass is 16.3. The SMILES string of the molecule is CC(C)C(O)C(=O)N1CCC2(CCC(=O)N(CCc3cccnc3)C2)CC1. The number of carbonyl (C=O) groups is 2. The quantitative estimate of drug-likeness (QED) is 0.855. The van der Waals surface area contributed by atoms with E-state index in [1.165, 1.54) is 0 Å². The van der Waals surface area contributed by atoms with Crippen LogP contribution in [0.15, 0.2) is 24.5 Å². The van der Waals surface area contributed by atoms with Gasteiger partial charge in [-0.15, -0.1) is 0 Å². The predicted molar refractivity (Wildman–Crippen MR) is 103 cm³/mol. The zero-order chi connectivity index (χ0) is 19.4. The molecule has 0 radical (unpaired) electrons. The van der Waals surface area contributed by atoms with E-state index in [1.807, 2.05) is 37.1 Å². The van der Waals surface area contributed by atoms with Gasteiger partial charge in [0.25, 0.3) is 5.91 Å². The Morgan fingerprint density at radius 3 is 2.67 bits per heavy atom. The average Bonchev–Trinajstić information content (AvgIpc) is 2.69. The van der Waals surface area contributed by atoms with Crippen LogP contribution < -0.4 is 0 Å². The highest BCUT2D eigenvalue weighted by Gasteiger charge is 2.42. The van der Waals surface area contributed by atoms with Crippen LogP contribution in [0.1, 0.15) is 45.1 Å². The summed E-state index contributed by atoms with van der Waals surface area (Å²) in [4.78, 5) is 32.7. The molecule has 0 aromatic carbocycles. The maximum atomic E-state index is 12.4. The van der Waals surface area contributed by atoms with Gasteiger partial charge in [-0.25, -0.2) is 0 Å². The number of rotatable bonds is 5. The number of hydrogen-bond acceptors (Lipinski definition) is 4. The van der Waals surface area contributed by atoms with Crippen molar-refractivity contribution in [3.8, 4) is 0 Å². The summed E-state index contributed by atoms with van der Waals surface area (Å²) in [6.45, 7) is 6.57. The van der Waals surface area contributed by atoms with Crippen molar-refractivity contribution in [2.75, 3.05) is 26.2 Å². The molecule has 2 fully saturated rings. The summed E-state index contributed by atoms with van der Waals surface area (Å²) in [5.41, 5.74) is 1.26. The second kappa shape index (κ2) is 8.38. The van der Waals surface area contributed by atoms with E-state index in [-0.39, 0.29) is 23.1 Å². The van der Waals surface area contributed by atoms with Crippen LogP contribution in [0.5, 0.6) is 0 Å². The van der Waals surface area contributed by atoms with E-state index in [2.05, 4.69) is 4.98 Å². The fourth-order valence-electron chi connectivity index (χ4n) is 4.20. The Bertz CT molecular complexity index is 654. The number of hydrogen-bond donors (Lipinski definition) is 1. The summed E-state index contributed by atoms with van der Waals surface area (Å²) in [6, 6.07) is 3.97. The molecule has 1 N–H and O–H groups in total. The molecule has 1 unspecified atom stereocenters. The van der Waals surface area contributed by atoms with E-state index in [4.69, 9.17) is 0 Å². The van der Waals surface area contributed by atoms with Gasteiger partial charge in [0.05, 0.1) is 0 Å². The molecule has 2 aliphatic rings. The summed E-state index contributed by atoms with van der Waals surface area (Å²) in [5, 5.41) is 10.1. The maximum absolute atomic E-state index is 12.4. The number of likely N-dealkylation sites (tertiary alicyclic amines) is 2. The third-order valence-corrected chi connectivity index (χ3v) is 6.16. The number of piperidine rings is 2. The maximum Gasteiger partial charge on any atom is 0.251 e. The molecule has 6 heteroatoms. The number of carbonyl (C=O) groups excluding carboxylic acids is 2. The van der Waals surface area contributed by atoms with Gasteiger partial charge in [0, 0.05) is 45.0 Å². The van der Waals surface area contributed by atoms with E-state index in [9.17, 15) is 14.7 Å². The number of aliphatic hydroxyl groups is 1. The van der Waals surface area contributed by atoms with Crippen LogP contribution in [0.3, 0.4) is 0 Å². The van der Waals surface area contributed by atoms with Crippen molar-refractivity contribution < 1.29 is 14.7 Å². The summed E-state index contributed by atoms with van der Waals surface area (Å²) in [6.07, 6.45) is 6.83. The molecular formula is C21H31N3O3. The standard InChI is InChI=1S/C21H31N3O3/c1-16(2)19(26)20(27)23-12-8-21(9-13-23)7-5-18(25)24(15-21)11-6-17-4-3-10-22-14-17/h3-4,10,14,16,19,26H,5-9,11-13,15H2,1-2H3. The van der Waals surface area contributed by atoms with Crippen molar-refractivity contribution >= 4 is 11.8 Å². The van der Waals surface area contributed by atoms with Gasteiger partial charge in [-0.05, 0) is 48.6 Å². The second-order valence-electron chi connectivity index (χ2n) is 8.44. The molecule has 0 saturated carbocycles. The number of nitrogens with zero attached hydrogens (tertiary/aromatic N) is 3. The fraction of sp³-hybridized carbons (Fsp3) is 0.667. The Balaban J connectivity index is 1.56. The molecule has 0 bridgehead atoms. The fourth-order valence-corrected chi connectivity index (χ4v) is 4.20. The Hall–Kier alpha value is -1.95. The minimum Gasteiger partial charge on any atom is -0.383 e. The first kappa shape index (κ1) is 19.8. The van der Waals surface area contributed by atoms with Crippen LogP contribution in [-0.4, -0.2) is 64.0 Å². The van der Waals surface area contributed by atoms with E-state index in [1.54, 1.807) is 11.1 Å². The van der Waals surface area contributed by atoms with Crippen LogP contribution in [0.2, 0.25) is 0 Å². The van der Waals surface area contributed by atoms with Gasteiger partial charge in [0.2, 0.25) is 5.91 Å². The smallest absolute Gasteiger partial charge is 0.251 e. The van der Waals surface area contributed by atoms with E-state index >= 15 is 0 Å². The Morgan fingerprint density at radius 1 is 1.30 bits per heavy atom. The van der Waals surface area contributed by atoms with E-state index in [0.29, 0.717) is 19.5 Å². The molecule has 2 aliphatic heterocycles. The van der Waals surface area contributed by atoms with Crippen LogP contribution >= 0.6 is 0 Å². The zero-order valence-electron chi connectivity index (χ0n) is 16.4. The topological polar surface area (TPSA) is 73.7 Å². The van der Waals surface area contributed by atoms with Crippen molar-refractivity contribution in [3.63, 3.8) is 0 Å². The van der Waals surface area contributed by atoms with Crippen molar-refractivity contribution in [1.29, 1.82) is 0 Å². The number of aromatic nitrogens is 1. The lowest BCUT2D eigenvalue weighted by atomic mass is 9.72. The minimum absolute atomic E-state index is 0.0661. The summed E-state index contributed by atoms with van der Waals surface area (Å²) in [5.74, 6) is 0.0158. The van der Waals surface area contributed by atoms with Crippen molar-refractivity contribution in [2.45, 2.75) is 52.1 Å². The molecule has 1 atom stereocenters. The van der Waals surface area contributed by atoms with E-state index in [0.717, 1.165) is 44.3 Å². The average molecular weight is 373 g/mol. The second-order valence-corrected chi connectivity index (χ2v) is 8.44. The molecule has 27 heavy (non-hydrogen) atoms. The molecule has 3 heterocycles. The highest BCUT2D eigenvalue weighted by molar-refractivity contribution is 5.81. The van der Waals surface area contributed by atoms with Gasteiger partial charge in [-0.1, -0.05) is 19.9 Å². The van der Waals surface area contributed by atoms with Gasteiger partial charge in [-0.2, -0.15) is 0 Å². The third-order valence-electron chi connectivity index (χ3n) is 6.16. The lowest BCUT2D eigenvalue weighted by Crippen LogP contribution is -2.54. The third kappa shape index (κ3) is 4.67. The Kier molecular flexibility index (Phi) is 6.15. The van der Waals surface area contributed by atoms with Gasteiger partial charge >= 0.3 is 0 Å². The van der Waals surface area contributed by atoms with Gasteiger partial charge < -0.3 is 14.9 Å². The molecule has 2 amide bonds. The summed E-state index contributed by atoms with van der Waals surface area (Å²) >= 11 is 0. The first-order valence-corrected chi connectivity index (χ1v) is 10.0. The van der Waals surface area contributed by atoms with Crippen molar-refractivity contribution in [3.05, 3.63) is 30.1 Å². The number of amides is 2. The predicted octanol–water partition coefficient (Wildman–Crippen LogP) is 1.87. The van der Waals surface area contributed by atoms with Crippen LogP contribution in [0.4, 0.5) is 0 Å². The lowest BCUT2D eigenvalue weighted by Gasteiger charge is -2.47. The first-order valence-electron chi connectivity index (χ1n) is 10.0. The first-order chi connectivity index (χ1) is 12.9. The molecule has 3 rings (SSSR count). The lowest BCUT2D eigenvalue weighted by molar-refractivity contribution is -0.148. The largest absolute Gasteiger partial charge is 0.383 e. The summed E-state index contributed by atoms with van der Waals surface area (Å²) < 4.78 is 0.